The summed E-state index contributed by atoms with van der Waals surface area (Å²) in [5.74, 6) is 1.51. The van der Waals surface area contributed by atoms with Crippen molar-refractivity contribution in [2.75, 3.05) is 0 Å². The monoisotopic (exact) mass is 292 g/mol. The van der Waals surface area contributed by atoms with Crippen molar-refractivity contribution in [1.29, 1.82) is 0 Å². The van der Waals surface area contributed by atoms with Crippen molar-refractivity contribution in [3.8, 4) is 11.5 Å². The second kappa shape index (κ2) is 5.29. The molecule has 0 aliphatic carbocycles. The first-order valence-electron chi connectivity index (χ1n) is 5.29. The van der Waals surface area contributed by atoms with Gasteiger partial charge in [-0.1, -0.05) is 22.0 Å². The third-order valence-corrected chi connectivity index (χ3v) is 3.20. The minimum atomic E-state index is 0.427. The van der Waals surface area contributed by atoms with Gasteiger partial charge in [-0.15, -0.1) is 0 Å². The Labute approximate surface area is 109 Å². The number of pyridine rings is 1. The van der Waals surface area contributed by atoms with Crippen LogP contribution in [0.5, 0.6) is 11.5 Å². The van der Waals surface area contributed by atoms with Crippen LogP contribution in [-0.4, -0.2) is 4.98 Å². The van der Waals surface area contributed by atoms with Crippen LogP contribution in [0.4, 0.5) is 0 Å². The molecule has 0 atom stereocenters. The Morgan fingerprint density at radius 3 is 2.71 bits per heavy atom. The Balaban J connectivity index is 2.37. The number of ether oxygens (including phenoxy) is 1. The van der Waals surface area contributed by atoms with Crippen molar-refractivity contribution in [2.45, 2.75) is 13.5 Å². The van der Waals surface area contributed by atoms with Gasteiger partial charge in [-0.05, 0) is 31.2 Å². The molecule has 0 unspecified atom stereocenters. The SMILES string of the molecule is Cc1ncccc1Oc1cccc(Br)c1CN. The zero-order chi connectivity index (χ0) is 12.3. The van der Waals surface area contributed by atoms with Gasteiger partial charge in [0.1, 0.15) is 11.5 Å². The van der Waals surface area contributed by atoms with Gasteiger partial charge in [0.15, 0.2) is 0 Å². The second-order valence-corrected chi connectivity index (χ2v) is 4.46. The van der Waals surface area contributed by atoms with Gasteiger partial charge < -0.3 is 10.5 Å². The van der Waals surface area contributed by atoms with Crippen molar-refractivity contribution >= 4 is 15.9 Å². The van der Waals surface area contributed by atoms with Gasteiger partial charge in [-0.3, -0.25) is 4.98 Å². The molecular formula is C13H13BrN2O. The predicted octanol–water partition coefficient (Wildman–Crippen LogP) is 3.40. The third kappa shape index (κ3) is 2.65. The molecule has 3 nitrogen and oxygen atoms in total. The van der Waals surface area contributed by atoms with Crippen LogP contribution < -0.4 is 10.5 Å². The Morgan fingerprint density at radius 1 is 1.24 bits per heavy atom. The molecule has 88 valence electrons. The number of halogens is 1. The Morgan fingerprint density at radius 2 is 2.00 bits per heavy atom. The lowest BCUT2D eigenvalue weighted by molar-refractivity contribution is 0.469. The molecule has 2 aromatic rings. The molecule has 1 aromatic carbocycles. The average Bonchev–Trinajstić information content (AvgIpc) is 2.32. The highest BCUT2D eigenvalue weighted by molar-refractivity contribution is 9.10. The second-order valence-electron chi connectivity index (χ2n) is 3.61. The topological polar surface area (TPSA) is 48.1 Å². The fourth-order valence-electron chi connectivity index (χ4n) is 1.53. The fraction of sp³-hybridized carbons (Fsp3) is 0.154. The van der Waals surface area contributed by atoms with Crippen molar-refractivity contribution in [3.63, 3.8) is 0 Å². The Bertz CT molecular complexity index is 529. The van der Waals surface area contributed by atoms with Gasteiger partial charge in [0.2, 0.25) is 0 Å². The molecule has 0 fully saturated rings. The Hall–Kier alpha value is -1.39. The first-order chi connectivity index (χ1) is 8.22. The maximum absolute atomic E-state index is 5.84. The minimum absolute atomic E-state index is 0.427. The van der Waals surface area contributed by atoms with Crippen molar-refractivity contribution in [3.05, 3.63) is 52.3 Å². The van der Waals surface area contributed by atoms with E-state index in [-0.39, 0.29) is 0 Å². The molecule has 2 N–H and O–H groups in total. The standard InChI is InChI=1S/C13H13BrN2O/c1-9-12(6-3-7-16-9)17-13-5-2-4-11(14)10(13)8-15/h2-7H,8,15H2,1H3. The number of aromatic nitrogens is 1. The van der Waals surface area contributed by atoms with Gasteiger partial charge in [0.25, 0.3) is 0 Å². The van der Waals surface area contributed by atoms with Gasteiger partial charge in [0.05, 0.1) is 5.69 Å². The summed E-state index contributed by atoms with van der Waals surface area (Å²) in [6.07, 6.45) is 1.74. The van der Waals surface area contributed by atoms with E-state index in [0.717, 1.165) is 27.2 Å². The number of hydrogen-bond donors (Lipinski definition) is 1. The van der Waals surface area contributed by atoms with Gasteiger partial charge >= 0.3 is 0 Å². The highest BCUT2D eigenvalue weighted by atomic mass is 79.9. The van der Waals surface area contributed by atoms with E-state index in [0.29, 0.717) is 6.54 Å². The van der Waals surface area contributed by atoms with E-state index in [1.165, 1.54) is 0 Å². The molecule has 0 radical (unpaired) electrons. The summed E-state index contributed by atoms with van der Waals surface area (Å²) in [6, 6.07) is 9.51. The van der Waals surface area contributed by atoms with Gasteiger partial charge in [-0.2, -0.15) is 0 Å². The van der Waals surface area contributed by atoms with Crippen LogP contribution in [0.1, 0.15) is 11.3 Å². The van der Waals surface area contributed by atoms with Crippen molar-refractivity contribution in [1.82, 2.24) is 4.98 Å². The summed E-state index contributed by atoms with van der Waals surface area (Å²) >= 11 is 3.46. The van der Waals surface area contributed by atoms with Crippen LogP contribution >= 0.6 is 15.9 Å². The summed E-state index contributed by atoms with van der Waals surface area (Å²) in [7, 11) is 0. The zero-order valence-corrected chi connectivity index (χ0v) is 11.1. The van der Waals surface area contributed by atoms with E-state index in [9.17, 15) is 0 Å². The molecule has 1 aromatic heterocycles. The maximum atomic E-state index is 5.84. The number of nitrogens with zero attached hydrogens (tertiary/aromatic N) is 1. The molecule has 0 saturated carbocycles. The predicted molar refractivity (Wildman–Crippen MR) is 71.1 cm³/mol. The van der Waals surface area contributed by atoms with Gasteiger partial charge in [-0.25, -0.2) is 0 Å². The zero-order valence-electron chi connectivity index (χ0n) is 9.48. The normalized spacial score (nSPS) is 10.3. The molecule has 1 heterocycles. The summed E-state index contributed by atoms with van der Waals surface area (Å²) in [6.45, 7) is 2.34. The van der Waals surface area contributed by atoms with Crippen molar-refractivity contribution < 1.29 is 4.74 Å². The Kier molecular flexibility index (Phi) is 3.76. The van der Waals surface area contributed by atoms with E-state index in [2.05, 4.69) is 20.9 Å². The first kappa shape index (κ1) is 12.1. The summed E-state index contributed by atoms with van der Waals surface area (Å²) in [5.41, 5.74) is 7.53. The molecule has 17 heavy (non-hydrogen) atoms. The minimum Gasteiger partial charge on any atom is -0.455 e. The number of hydrogen-bond acceptors (Lipinski definition) is 3. The number of benzene rings is 1. The average molecular weight is 293 g/mol. The van der Waals surface area contributed by atoms with Crippen molar-refractivity contribution in [2.24, 2.45) is 5.73 Å². The number of aryl methyl sites for hydroxylation is 1. The quantitative estimate of drug-likeness (QED) is 0.943. The third-order valence-electron chi connectivity index (χ3n) is 2.46. The van der Waals surface area contributed by atoms with Crippen LogP contribution in [-0.2, 0) is 6.54 Å². The summed E-state index contributed by atoms with van der Waals surface area (Å²) < 4.78 is 6.80. The van der Waals surface area contributed by atoms with E-state index in [1.54, 1.807) is 6.20 Å². The smallest absolute Gasteiger partial charge is 0.148 e. The van der Waals surface area contributed by atoms with Crippen LogP contribution in [0.15, 0.2) is 41.0 Å². The molecule has 0 aliphatic heterocycles. The molecule has 0 bridgehead atoms. The molecule has 0 amide bonds. The van der Waals surface area contributed by atoms with Crippen LogP contribution in [0, 0.1) is 6.92 Å². The van der Waals surface area contributed by atoms with Crippen LogP contribution in [0.2, 0.25) is 0 Å². The fourth-order valence-corrected chi connectivity index (χ4v) is 2.04. The lowest BCUT2D eigenvalue weighted by Crippen LogP contribution is -2.01. The van der Waals surface area contributed by atoms with E-state index < -0.39 is 0 Å². The molecule has 4 heteroatoms. The van der Waals surface area contributed by atoms with Gasteiger partial charge in [0, 0.05) is 22.8 Å². The molecule has 0 aliphatic rings. The van der Waals surface area contributed by atoms with Crippen LogP contribution in [0.25, 0.3) is 0 Å². The molecule has 0 saturated heterocycles. The number of nitrogens with two attached hydrogens (primary N) is 1. The highest BCUT2D eigenvalue weighted by Crippen LogP contribution is 2.31. The largest absolute Gasteiger partial charge is 0.455 e. The van der Waals surface area contributed by atoms with E-state index in [1.807, 2.05) is 37.3 Å². The molecule has 2 rings (SSSR count). The number of rotatable bonds is 3. The summed E-state index contributed by atoms with van der Waals surface area (Å²) in [5, 5.41) is 0. The molecular weight excluding hydrogens is 280 g/mol. The lowest BCUT2D eigenvalue weighted by atomic mass is 10.2. The lowest BCUT2D eigenvalue weighted by Gasteiger charge is -2.12. The maximum Gasteiger partial charge on any atom is 0.148 e. The van der Waals surface area contributed by atoms with Crippen LogP contribution in [0.3, 0.4) is 0 Å². The first-order valence-corrected chi connectivity index (χ1v) is 6.08. The summed E-state index contributed by atoms with van der Waals surface area (Å²) in [4.78, 5) is 4.19. The van der Waals surface area contributed by atoms with E-state index in [4.69, 9.17) is 10.5 Å². The van der Waals surface area contributed by atoms with E-state index >= 15 is 0 Å². The molecule has 0 spiro atoms. The highest BCUT2D eigenvalue weighted by Gasteiger charge is 2.08.